The Kier molecular flexibility index (Phi) is 3.58. The number of anilines is 1. The Morgan fingerprint density at radius 1 is 1.21 bits per heavy atom. The van der Waals surface area contributed by atoms with Gasteiger partial charge in [-0.1, -0.05) is 12.1 Å². The first-order valence-electron chi connectivity index (χ1n) is 5.65. The topological polar surface area (TPSA) is 44.1 Å². The summed E-state index contributed by atoms with van der Waals surface area (Å²) in [7, 11) is 1.59. The molecule has 0 fully saturated rings. The summed E-state index contributed by atoms with van der Waals surface area (Å²) in [5.41, 5.74) is 1.33. The highest BCUT2D eigenvalue weighted by molar-refractivity contribution is 6.05. The number of hydrogen-bond acceptors (Lipinski definition) is 2. The molecule has 0 saturated heterocycles. The van der Waals surface area contributed by atoms with E-state index in [1.165, 1.54) is 23.1 Å². The van der Waals surface area contributed by atoms with Gasteiger partial charge in [-0.15, -0.1) is 0 Å². The van der Waals surface area contributed by atoms with E-state index in [-0.39, 0.29) is 11.5 Å². The van der Waals surface area contributed by atoms with Gasteiger partial charge in [-0.2, -0.15) is 5.26 Å². The van der Waals surface area contributed by atoms with E-state index >= 15 is 0 Å². The van der Waals surface area contributed by atoms with E-state index in [0.717, 1.165) is 0 Å². The van der Waals surface area contributed by atoms with E-state index < -0.39 is 5.82 Å². The van der Waals surface area contributed by atoms with Gasteiger partial charge in [-0.3, -0.25) is 4.79 Å². The molecule has 0 aliphatic carbocycles. The van der Waals surface area contributed by atoms with E-state index in [1.807, 2.05) is 6.07 Å². The van der Waals surface area contributed by atoms with Gasteiger partial charge in [0.25, 0.3) is 5.91 Å². The summed E-state index contributed by atoms with van der Waals surface area (Å²) in [6, 6.07) is 14.2. The summed E-state index contributed by atoms with van der Waals surface area (Å²) in [5, 5.41) is 8.83. The first-order chi connectivity index (χ1) is 9.11. The van der Waals surface area contributed by atoms with Crippen molar-refractivity contribution in [3.05, 3.63) is 65.5 Å². The largest absolute Gasteiger partial charge is 0.311 e. The zero-order chi connectivity index (χ0) is 13.8. The van der Waals surface area contributed by atoms with Gasteiger partial charge in [0, 0.05) is 18.3 Å². The van der Waals surface area contributed by atoms with Crippen molar-refractivity contribution in [2.24, 2.45) is 0 Å². The maximum Gasteiger partial charge on any atom is 0.258 e. The van der Waals surface area contributed by atoms with Gasteiger partial charge in [0.2, 0.25) is 0 Å². The monoisotopic (exact) mass is 254 g/mol. The van der Waals surface area contributed by atoms with Crippen molar-refractivity contribution in [1.82, 2.24) is 0 Å². The fourth-order valence-electron chi connectivity index (χ4n) is 1.72. The van der Waals surface area contributed by atoms with Gasteiger partial charge < -0.3 is 4.90 Å². The van der Waals surface area contributed by atoms with E-state index in [4.69, 9.17) is 5.26 Å². The maximum absolute atomic E-state index is 13.1. The molecule has 3 nitrogen and oxygen atoms in total. The second-order valence-electron chi connectivity index (χ2n) is 4.04. The van der Waals surface area contributed by atoms with E-state index in [1.54, 1.807) is 37.4 Å². The third-order valence-electron chi connectivity index (χ3n) is 2.74. The van der Waals surface area contributed by atoms with Crippen molar-refractivity contribution in [3.8, 4) is 6.07 Å². The number of carbonyl (C=O) groups is 1. The third kappa shape index (κ3) is 2.78. The Labute approximate surface area is 110 Å². The van der Waals surface area contributed by atoms with Crippen LogP contribution >= 0.6 is 0 Å². The molecule has 0 aliphatic heterocycles. The molecule has 0 unspecified atom stereocenters. The number of halogens is 1. The summed E-state index contributed by atoms with van der Waals surface area (Å²) in [6.07, 6.45) is 0. The Morgan fingerprint density at radius 2 is 1.95 bits per heavy atom. The molecule has 0 aliphatic rings. The van der Waals surface area contributed by atoms with E-state index in [9.17, 15) is 9.18 Å². The number of carbonyl (C=O) groups excluding carboxylic acids is 1. The van der Waals surface area contributed by atoms with Crippen LogP contribution in [0.25, 0.3) is 0 Å². The lowest BCUT2D eigenvalue weighted by Crippen LogP contribution is -2.26. The van der Waals surface area contributed by atoms with Crippen LogP contribution < -0.4 is 4.90 Å². The van der Waals surface area contributed by atoms with Crippen LogP contribution in [0.4, 0.5) is 10.1 Å². The SMILES string of the molecule is CN(C(=O)c1cccc(F)c1)c1cccc(C#N)c1. The minimum atomic E-state index is -0.454. The molecule has 2 aromatic carbocycles. The molecule has 0 spiro atoms. The molecule has 2 rings (SSSR count). The Hall–Kier alpha value is -2.67. The van der Waals surface area contributed by atoms with Crippen LogP contribution in [-0.2, 0) is 0 Å². The molecular weight excluding hydrogens is 243 g/mol. The first kappa shape index (κ1) is 12.8. The summed E-state index contributed by atoms with van der Waals surface area (Å²) in [4.78, 5) is 13.6. The number of benzene rings is 2. The second-order valence-corrected chi connectivity index (χ2v) is 4.04. The van der Waals surface area contributed by atoms with Crippen LogP contribution in [0.15, 0.2) is 48.5 Å². The fraction of sp³-hybridized carbons (Fsp3) is 0.0667. The van der Waals surface area contributed by atoms with Gasteiger partial charge in [0.05, 0.1) is 11.6 Å². The third-order valence-corrected chi connectivity index (χ3v) is 2.74. The molecule has 0 bridgehead atoms. The second kappa shape index (κ2) is 5.32. The average Bonchev–Trinajstić information content (AvgIpc) is 2.45. The number of hydrogen-bond donors (Lipinski definition) is 0. The normalized spacial score (nSPS) is 9.74. The molecule has 0 heterocycles. The molecule has 0 N–H and O–H groups in total. The van der Waals surface area contributed by atoms with Gasteiger partial charge in [-0.25, -0.2) is 4.39 Å². The molecule has 19 heavy (non-hydrogen) atoms. The van der Waals surface area contributed by atoms with Crippen LogP contribution in [0.1, 0.15) is 15.9 Å². The smallest absolute Gasteiger partial charge is 0.258 e. The number of rotatable bonds is 2. The minimum absolute atomic E-state index is 0.268. The Balaban J connectivity index is 2.31. The number of nitriles is 1. The molecule has 4 heteroatoms. The van der Waals surface area contributed by atoms with Gasteiger partial charge in [0.15, 0.2) is 0 Å². The lowest BCUT2D eigenvalue weighted by atomic mass is 10.1. The molecule has 94 valence electrons. The van der Waals surface area contributed by atoms with Crippen molar-refractivity contribution < 1.29 is 9.18 Å². The van der Waals surface area contributed by atoms with Crippen molar-refractivity contribution in [2.75, 3.05) is 11.9 Å². The molecular formula is C15H11FN2O. The van der Waals surface area contributed by atoms with Gasteiger partial charge >= 0.3 is 0 Å². The number of amides is 1. The van der Waals surface area contributed by atoms with E-state index in [2.05, 4.69) is 0 Å². The van der Waals surface area contributed by atoms with Crippen LogP contribution in [0.5, 0.6) is 0 Å². The van der Waals surface area contributed by atoms with Crippen molar-refractivity contribution in [1.29, 1.82) is 5.26 Å². The quantitative estimate of drug-likeness (QED) is 0.827. The molecule has 0 atom stereocenters. The lowest BCUT2D eigenvalue weighted by Gasteiger charge is -2.17. The average molecular weight is 254 g/mol. The van der Waals surface area contributed by atoms with Crippen LogP contribution in [0.3, 0.4) is 0 Å². The predicted octanol–water partition coefficient (Wildman–Crippen LogP) is 2.97. The standard InChI is InChI=1S/C15H11FN2O/c1-18(14-7-2-4-11(8-14)10-17)15(19)12-5-3-6-13(16)9-12/h2-9H,1H3. The molecule has 0 saturated carbocycles. The highest BCUT2D eigenvalue weighted by Crippen LogP contribution is 2.17. The zero-order valence-corrected chi connectivity index (χ0v) is 10.3. The lowest BCUT2D eigenvalue weighted by molar-refractivity contribution is 0.0992. The summed E-state index contributed by atoms with van der Waals surface area (Å²) in [5.74, 6) is -0.778. The zero-order valence-electron chi connectivity index (χ0n) is 10.3. The van der Waals surface area contributed by atoms with Gasteiger partial charge in [-0.05, 0) is 36.4 Å². The Bertz CT molecular complexity index is 661. The van der Waals surface area contributed by atoms with Crippen LogP contribution in [-0.4, -0.2) is 13.0 Å². The van der Waals surface area contributed by atoms with Crippen LogP contribution in [0, 0.1) is 17.1 Å². The molecule has 0 aromatic heterocycles. The Morgan fingerprint density at radius 3 is 2.63 bits per heavy atom. The predicted molar refractivity (Wildman–Crippen MR) is 70.3 cm³/mol. The van der Waals surface area contributed by atoms with Crippen molar-refractivity contribution in [3.63, 3.8) is 0 Å². The highest BCUT2D eigenvalue weighted by atomic mass is 19.1. The molecule has 1 amide bonds. The van der Waals surface area contributed by atoms with Crippen LogP contribution in [0.2, 0.25) is 0 Å². The molecule has 0 radical (unpaired) electrons. The first-order valence-corrected chi connectivity index (χ1v) is 5.65. The summed E-state index contributed by atoms with van der Waals surface area (Å²) < 4.78 is 13.1. The summed E-state index contributed by atoms with van der Waals surface area (Å²) in [6.45, 7) is 0. The summed E-state index contributed by atoms with van der Waals surface area (Å²) >= 11 is 0. The van der Waals surface area contributed by atoms with Crippen molar-refractivity contribution >= 4 is 11.6 Å². The number of nitrogens with zero attached hydrogens (tertiary/aromatic N) is 2. The van der Waals surface area contributed by atoms with E-state index in [0.29, 0.717) is 11.3 Å². The fourth-order valence-corrected chi connectivity index (χ4v) is 1.72. The maximum atomic E-state index is 13.1. The molecule has 2 aromatic rings. The highest BCUT2D eigenvalue weighted by Gasteiger charge is 2.14. The minimum Gasteiger partial charge on any atom is -0.311 e. The van der Waals surface area contributed by atoms with Gasteiger partial charge in [0.1, 0.15) is 5.82 Å². The van der Waals surface area contributed by atoms with Crippen molar-refractivity contribution in [2.45, 2.75) is 0 Å².